The number of carbonyl (C=O) groups is 1. The molecule has 0 aromatic carbocycles. The molecule has 2 aliphatic heterocycles. The van der Waals surface area contributed by atoms with Crippen molar-refractivity contribution < 1.29 is 24.1 Å². The van der Waals surface area contributed by atoms with Crippen LogP contribution in [0.3, 0.4) is 0 Å². The molecular formula is C13H21O5. The summed E-state index contributed by atoms with van der Waals surface area (Å²) in [6.45, 7) is 7.02. The van der Waals surface area contributed by atoms with E-state index in [9.17, 15) is 9.90 Å². The van der Waals surface area contributed by atoms with E-state index in [2.05, 4.69) is 6.58 Å². The van der Waals surface area contributed by atoms with Gasteiger partial charge in [0.2, 0.25) is 0 Å². The number of rotatable bonds is 4. The fourth-order valence-corrected chi connectivity index (χ4v) is 1.48. The largest absolute Gasteiger partial charge is 0.460 e. The lowest BCUT2D eigenvalue weighted by atomic mass is 10.2. The molecule has 0 N–H and O–H groups in total. The van der Waals surface area contributed by atoms with E-state index < -0.39 is 0 Å². The van der Waals surface area contributed by atoms with Crippen LogP contribution in [0.25, 0.3) is 0 Å². The Morgan fingerprint density at radius 2 is 1.94 bits per heavy atom. The fourth-order valence-electron chi connectivity index (χ4n) is 1.48. The van der Waals surface area contributed by atoms with Crippen LogP contribution in [-0.4, -0.2) is 44.6 Å². The first-order valence-corrected chi connectivity index (χ1v) is 6.27. The maximum Gasteiger partial charge on any atom is 0.333 e. The van der Waals surface area contributed by atoms with E-state index in [1.165, 1.54) is 0 Å². The summed E-state index contributed by atoms with van der Waals surface area (Å²) in [6, 6.07) is 0. The molecule has 0 aromatic heterocycles. The zero-order chi connectivity index (χ0) is 13.4. The van der Waals surface area contributed by atoms with Crippen molar-refractivity contribution in [1.82, 2.24) is 0 Å². The monoisotopic (exact) mass is 257 g/mol. The van der Waals surface area contributed by atoms with Gasteiger partial charge in [0, 0.05) is 18.8 Å². The first-order valence-electron chi connectivity index (χ1n) is 6.27. The highest BCUT2D eigenvalue weighted by Crippen LogP contribution is 2.12. The lowest BCUT2D eigenvalue weighted by Crippen LogP contribution is -2.29. The Morgan fingerprint density at radius 1 is 1.28 bits per heavy atom. The van der Waals surface area contributed by atoms with Crippen LogP contribution in [0.5, 0.6) is 0 Å². The number of hydrogen-bond donors (Lipinski definition) is 0. The average molecular weight is 257 g/mol. The van der Waals surface area contributed by atoms with E-state index in [0.717, 1.165) is 32.5 Å². The van der Waals surface area contributed by atoms with Crippen molar-refractivity contribution in [2.45, 2.75) is 38.4 Å². The minimum absolute atomic E-state index is 0.0556. The van der Waals surface area contributed by atoms with E-state index in [1.54, 1.807) is 6.92 Å². The number of carbonyl (C=O) groups excluding carboxylic acids is 1. The van der Waals surface area contributed by atoms with Gasteiger partial charge >= 0.3 is 5.97 Å². The van der Waals surface area contributed by atoms with Crippen molar-refractivity contribution >= 4 is 5.97 Å². The van der Waals surface area contributed by atoms with Gasteiger partial charge < -0.3 is 14.2 Å². The molecule has 0 bridgehead atoms. The van der Waals surface area contributed by atoms with Gasteiger partial charge in [-0.05, 0) is 26.2 Å². The molecule has 1 radical (unpaired) electrons. The van der Waals surface area contributed by atoms with Gasteiger partial charge in [-0.1, -0.05) is 6.58 Å². The van der Waals surface area contributed by atoms with Crippen LogP contribution in [0.4, 0.5) is 0 Å². The standard InChI is InChI=1S/C9H14O3.C4H7O2/c1-7(2)9(10)12-6-8-4-3-5-11-8;5-3-4-1-2-6-4/h8H,1,3-6H2,2H3;4H,1-3H2. The molecule has 2 unspecified atom stereocenters. The Labute approximate surface area is 108 Å². The van der Waals surface area contributed by atoms with E-state index in [0.29, 0.717) is 12.2 Å². The zero-order valence-electron chi connectivity index (χ0n) is 10.9. The highest BCUT2D eigenvalue weighted by Gasteiger charge is 2.17. The van der Waals surface area contributed by atoms with Gasteiger partial charge in [-0.15, -0.1) is 0 Å². The molecule has 0 saturated carbocycles. The summed E-state index contributed by atoms with van der Waals surface area (Å²) >= 11 is 0. The Morgan fingerprint density at radius 3 is 2.28 bits per heavy atom. The predicted molar refractivity (Wildman–Crippen MR) is 64.7 cm³/mol. The van der Waals surface area contributed by atoms with Crippen LogP contribution in [0, 0.1) is 0 Å². The van der Waals surface area contributed by atoms with Crippen LogP contribution < -0.4 is 0 Å². The molecule has 0 aromatic rings. The molecule has 0 amide bonds. The molecule has 5 nitrogen and oxygen atoms in total. The van der Waals surface area contributed by atoms with Gasteiger partial charge in [-0.3, -0.25) is 0 Å². The summed E-state index contributed by atoms with van der Waals surface area (Å²) in [5, 5.41) is 9.79. The Bertz CT molecular complexity index is 264. The number of ether oxygens (including phenoxy) is 3. The third-order valence-electron chi connectivity index (χ3n) is 2.75. The molecular weight excluding hydrogens is 236 g/mol. The van der Waals surface area contributed by atoms with Crippen molar-refractivity contribution in [3.63, 3.8) is 0 Å². The zero-order valence-corrected chi connectivity index (χ0v) is 10.9. The molecule has 2 saturated heterocycles. The number of hydrogen-bond acceptors (Lipinski definition) is 4. The van der Waals surface area contributed by atoms with Crippen molar-refractivity contribution in [1.29, 1.82) is 0 Å². The second-order valence-electron chi connectivity index (χ2n) is 4.46. The summed E-state index contributed by atoms with van der Waals surface area (Å²) in [5.74, 6) is -0.328. The molecule has 0 aliphatic carbocycles. The Balaban J connectivity index is 0.000000225. The van der Waals surface area contributed by atoms with Gasteiger partial charge in [0.1, 0.15) is 13.2 Å². The SMILES string of the molecule is C=C(C)C(=O)OCC1CCCO1.[O]CC1CCO1. The van der Waals surface area contributed by atoms with E-state index in [4.69, 9.17) is 14.2 Å². The molecule has 2 fully saturated rings. The summed E-state index contributed by atoms with van der Waals surface area (Å²) in [4.78, 5) is 10.9. The Kier molecular flexibility index (Phi) is 6.93. The molecule has 2 rings (SSSR count). The van der Waals surface area contributed by atoms with E-state index >= 15 is 0 Å². The van der Waals surface area contributed by atoms with Crippen LogP contribution in [0.2, 0.25) is 0 Å². The second kappa shape index (κ2) is 8.24. The third kappa shape index (κ3) is 5.62. The van der Waals surface area contributed by atoms with Crippen molar-refractivity contribution in [3.05, 3.63) is 12.2 Å². The van der Waals surface area contributed by atoms with Crippen molar-refractivity contribution in [2.75, 3.05) is 26.4 Å². The van der Waals surface area contributed by atoms with Crippen LogP contribution in [0.15, 0.2) is 12.2 Å². The minimum atomic E-state index is -0.328. The summed E-state index contributed by atoms with van der Waals surface area (Å²) in [7, 11) is 0. The first-order chi connectivity index (χ1) is 8.63. The Hall–Kier alpha value is -0.910. The molecule has 5 heteroatoms. The van der Waals surface area contributed by atoms with Gasteiger partial charge in [0.25, 0.3) is 0 Å². The predicted octanol–water partition coefficient (Wildman–Crippen LogP) is 1.49. The van der Waals surface area contributed by atoms with Crippen LogP contribution in [-0.2, 0) is 24.1 Å². The number of esters is 1. The molecule has 103 valence electrons. The smallest absolute Gasteiger partial charge is 0.333 e. The van der Waals surface area contributed by atoms with E-state index in [1.807, 2.05) is 0 Å². The van der Waals surface area contributed by atoms with Crippen LogP contribution in [0.1, 0.15) is 26.2 Å². The summed E-state index contributed by atoms with van der Waals surface area (Å²) < 4.78 is 15.0. The van der Waals surface area contributed by atoms with Gasteiger partial charge in [-0.2, -0.15) is 0 Å². The van der Waals surface area contributed by atoms with Crippen LogP contribution >= 0.6 is 0 Å². The second-order valence-corrected chi connectivity index (χ2v) is 4.46. The van der Waals surface area contributed by atoms with E-state index in [-0.39, 0.29) is 24.8 Å². The first kappa shape index (κ1) is 15.1. The molecule has 2 heterocycles. The van der Waals surface area contributed by atoms with Crippen molar-refractivity contribution in [2.24, 2.45) is 0 Å². The van der Waals surface area contributed by atoms with Gasteiger partial charge in [-0.25, -0.2) is 9.90 Å². The fraction of sp³-hybridized carbons (Fsp3) is 0.769. The maximum absolute atomic E-state index is 10.9. The molecule has 0 spiro atoms. The maximum atomic E-state index is 10.9. The molecule has 2 aliphatic rings. The lowest BCUT2D eigenvalue weighted by molar-refractivity contribution is -0.142. The van der Waals surface area contributed by atoms with Gasteiger partial charge in [0.15, 0.2) is 0 Å². The molecule has 18 heavy (non-hydrogen) atoms. The normalized spacial score (nSPS) is 25.7. The lowest BCUT2D eigenvalue weighted by Gasteiger charge is -2.22. The van der Waals surface area contributed by atoms with Gasteiger partial charge in [0.05, 0.1) is 12.2 Å². The average Bonchev–Trinajstić information content (AvgIpc) is 2.77. The topological polar surface area (TPSA) is 64.7 Å². The minimum Gasteiger partial charge on any atom is -0.460 e. The third-order valence-corrected chi connectivity index (χ3v) is 2.75. The summed E-state index contributed by atoms with van der Waals surface area (Å²) in [5.41, 5.74) is 0.438. The highest BCUT2D eigenvalue weighted by molar-refractivity contribution is 5.86. The summed E-state index contributed by atoms with van der Waals surface area (Å²) in [6.07, 6.45) is 3.20. The van der Waals surface area contributed by atoms with Crippen molar-refractivity contribution in [3.8, 4) is 0 Å². The quantitative estimate of drug-likeness (QED) is 0.565. The molecule has 2 atom stereocenters. The highest BCUT2D eigenvalue weighted by atomic mass is 16.6.